The summed E-state index contributed by atoms with van der Waals surface area (Å²) >= 11 is 3.28. The standard InChI is InChI=1S/C16H10BrFN2O3/c17-11-4-5-14-19-13(7-15(21)20(14)8-11)9-23-16(22)10-2-1-3-12(18)6-10/h1-8H,9H2. The Morgan fingerprint density at radius 2 is 2.09 bits per heavy atom. The summed E-state index contributed by atoms with van der Waals surface area (Å²) in [4.78, 5) is 28.1. The maximum atomic E-state index is 13.1. The van der Waals surface area contributed by atoms with Gasteiger partial charge in [-0.1, -0.05) is 6.07 Å². The third-order valence-corrected chi connectivity index (χ3v) is 3.56. The van der Waals surface area contributed by atoms with Crippen LogP contribution >= 0.6 is 15.9 Å². The minimum absolute atomic E-state index is 0.103. The fourth-order valence-electron chi connectivity index (χ4n) is 2.04. The van der Waals surface area contributed by atoms with Crippen LogP contribution in [0, 0.1) is 5.82 Å². The summed E-state index contributed by atoms with van der Waals surface area (Å²) in [7, 11) is 0. The van der Waals surface area contributed by atoms with Crippen LogP contribution in [0.1, 0.15) is 16.1 Å². The summed E-state index contributed by atoms with van der Waals surface area (Å²) < 4.78 is 20.3. The Kier molecular flexibility index (Phi) is 4.20. The van der Waals surface area contributed by atoms with Crippen molar-refractivity contribution in [1.29, 1.82) is 0 Å². The van der Waals surface area contributed by atoms with E-state index in [1.807, 2.05) is 0 Å². The van der Waals surface area contributed by atoms with Gasteiger partial charge in [0.05, 0.1) is 11.3 Å². The van der Waals surface area contributed by atoms with Gasteiger partial charge in [-0.15, -0.1) is 0 Å². The minimum atomic E-state index is -0.678. The lowest BCUT2D eigenvalue weighted by Gasteiger charge is -2.06. The lowest BCUT2D eigenvalue weighted by atomic mass is 10.2. The zero-order valence-corrected chi connectivity index (χ0v) is 13.3. The zero-order chi connectivity index (χ0) is 16.4. The van der Waals surface area contributed by atoms with Crippen molar-refractivity contribution in [3.8, 4) is 0 Å². The molecule has 0 radical (unpaired) electrons. The molecule has 2 aromatic heterocycles. The number of pyridine rings is 1. The van der Waals surface area contributed by atoms with Crippen LogP contribution in [0.4, 0.5) is 4.39 Å². The summed E-state index contributed by atoms with van der Waals surface area (Å²) in [5, 5.41) is 0. The molecule has 23 heavy (non-hydrogen) atoms. The molecule has 3 aromatic rings. The second kappa shape index (κ2) is 6.29. The molecule has 0 spiro atoms. The topological polar surface area (TPSA) is 60.7 Å². The Morgan fingerprint density at radius 1 is 1.26 bits per heavy atom. The van der Waals surface area contributed by atoms with Gasteiger partial charge in [0.1, 0.15) is 18.1 Å². The van der Waals surface area contributed by atoms with Crippen molar-refractivity contribution in [1.82, 2.24) is 9.38 Å². The number of hydrogen-bond acceptors (Lipinski definition) is 4. The van der Waals surface area contributed by atoms with Gasteiger partial charge >= 0.3 is 5.97 Å². The van der Waals surface area contributed by atoms with Crippen molar-refractivity contribution in [2.24, 2.45) is 0 Å². The van der Waals surface area contributed by atoms with Crippen LogP contribution in [0.5, 0.6) is 0 Å². The van der Waals surface area contributed by atoms with Gasteiger partial charge in [0, 0.05) is 16.7 Å². The molecule has 0 aliphatic carbocycles. The first-order chi connectivity index (χ1) is 11.0. The molecular formula is C16H10BrFN2O3. The normalized spacial score (nSPS) is 10.7. The quantitative estimate of drug-likeness (QED) is 0.659. The molecule has 116 valence electrons. The Labute approximate surface area is 138 Å². The lowest BCUT2D eigenvalue weighted by molar-refractivity contribution is 0.0467. The van der Waals surface area contributed by atoms with Crippen molar-refractivity contribution in [3.05, 3.63) is 80.6 Å². The SMILES string of the molecule is O=C(OCc1cc(=O)n2cc(Br)ccc2n1)c1cccc(F)c1. The zero-order valence-electron chi connectivity index (χ0n) is 11.7. The summed E-state index contributed by atoms with van der Waals surface area (Å²) in [6.07, 6.45) is 1.60. The van der Waals surface area contributed by atoms with Crippen molar-refractivity contribution in [2.45, 2.75) is 6.61 Å². The van der Waals surface area contributed by atoms with Gasteiger partial charge < -0.3 is 4.74 Å². The molecule has 0 N–H and O–H groups in total. The van der Waals surface area contributed by atoms with Crippen LogP contribution in [0.15, 0.2) is 57.9 Å². The largest absolute Gasteiger partial charge is 0.456 e. The number of hydrogen-bond donors (Lipinski definition) is 0. The molecule has 2 heterocycles. The molecule has 0 saturated heterocycles. The fraction of sp³-hybridized carbons (Fsp3) is 0.0625. The average molecular weight is 377 g/mol. The van der Waals surface area contributed by atoms with E-state index in [2.05, 4.69) is 20.9 Å². The van der Waals surface area contributed by atoms with E-state index in [0.717, 1.165) is 10.5 Å². The molecule has 5 nitrogen and oxygen atoms in total. The number of ether oxygens (including phenoxy) is 1. The van der Waals surface area contributed by atoms with E-state index in [9.17, 15) is 14.0 Å². The average Bonchev–Trinajstić information content (AvgIpc) is 2.53. The van der Waals surface area contributed by atoms with E-state index in [1.165, 1.54) is 28.7 Å². The Morgan fingerprint density at radius 3 is 2.87 bits per heavy atom. The second-order valence-corrected chi connectivity index (χ2v) is 5.66. The van der Waals surface area contributed by atoms with Gasteiger partial charge in [0.2, 0.25) is 0 Å². The van der Waals surface area contributed by atoms with Crippen molar-refractivity contribution >= 4 is 27.5 Å². The van der Waals surface area contributed by atoms with Gasteiger partial charge in [-0.2, -0.15) is 0 Å². The Hall–Kier alpha value is -2.54. The molecule has 7 heteroatoms. The van der Waals surface area contributed by atoms with Crippen molar-refractivity contribution < 1.29 is 13.9 Å². The number of esters is 1. The summed E-state index contributed by atoms with van der Waals surface area (Å²) in [5.74, 6) is -1.20. The molecule has 0 unspecified atom stereocenters. The van der Waals surface area contributed by atoms with Gasteiger partial charge in [-0.05, 0) is 46.3 Å². The third-order valence-electron chi connectivity index (χ3n) is 3.09. The van der Waals surface area contributed by atoms with E-state index < -0.39 is 11.8 Å². The number of fused-ring (bicyclic) bond motifs is 1. The molecule has 0 atom stereocenters. The van der Waals surface area contributed by atoms with Crippen LogP contribution < -0.4 is 5.56 Å². The molecule has 1 aromatic carbocycles. The molecule has 0 aliphatic heterocycles. The number of rotatable bonds is 3. The van der Waals surface area contributed by atoms with Crippen LogP contribution in [-0.2, 0) is 11.3 Å². The van der Waals surface area contributed by atoms with E-state index in [0.29, 0.717) is 11.3 Å². The highest BCUT2D eigenvalue weighted by Crippen LogP contribution is 2.10. The highest BCUT2D eigenvalue weighted by atomic mass is 79.9. The fourth-order valence-corrected chi connectivity index (χ4v) is 2.38. The van der Waals surface area contributed by atoms with E-state index in [-0.39, 0.29) is 17.7 Å². The van der Waals surface area contributed by atoms with Crippen LogP contribution in [0.2, 0.25) is 0 Å². The molecule has 0 saturated carbocycles. The molecule has 0 aliphatic rings. The minimum Gasteiger partial charge on any atom is -0.456 e. The highest BCUT2D eigenvalue weighted by Gasteiger charge is 2.10. The summed E-state index contributed by atoms with van der Waals surface area (Å²) in [6.45, 7) is -0.169. The number of carbonyl (C=O) groups is 1. The molecule has 0 fully saturated rings. The van der Waals surface area contributed by atoms with E-state index in [1.54, 1.807) is 18.3 Å². The number of aromatic nitrogens is 2. The van der Waals surface area contributed by atoms with Gasteiger partial charge in [0.25, 0.3) is 5.56 Å². The van der Waals surface area contributed by atoms with Crippen LogP contribution in [0.25, 0.3) is 5.65 Å². The second-order valence-electron chi connectivity index (χ2n) is 4.75. The van der Waals surface area contributed by atoms with E-state index in [4.69, 9.17) is 4.74 Å². The van der Waals surface area contributed by atoms with Crippen LogP contribution in [-0.4, -0.2) is 15.4 Å². The maximum absolute atomic E-state index is 13.1. The van der Waals surface area contributed by atoms with E-state index >= 15 is 0 Å². The number of carbonyl (C=O) groups excluding carboxylic acids is 1. The number of halogens is 2. The lowest BCUT2D eigenvalue weighted by Crippen LogP contribution is -2.16. The van der Waals surface area contributed by atoms with Gasteiger partial charge in [-0.25, -0.2) is 14.2 Å². The predicted molar refractivity (Wildman–Crippen MR) is 84.7 cm³/mol. The third kappa shape index (κ3) is 3.45. The van der Waals surface area contributed by atoms with Gasteiger partial charge in [0.15, 0.2) is 0 Å². The first kappa shape index (κ1) is 15.4. The smallest absolute Gasteiger partial charge is 0.338 e. The highest BCUT2D eigenvalue weighted by molar-refractivity contribution is 9.10. The Balaban J connectivity index is 1.81. The van der Waals surface area contributed by atoms with Crippen molar-refractivity contribution in [3.63, 3.8) is 0 Å². The van der Waals surface area contributed by atoms with Gasteiger partial charge in [-0.3, -0.25) is 9.20 Å². The molecule has 0 amide bonds. The molecule has 0 bridgehead atoms. The number of nitrogens with zero attached hydrogens (tertiary/aromatic N) is 2. The molecule has 3 rings (SSSR count). The van der Waals surface area contributed by atoms with Crippen molar-refractivity contribution in [2.75, 3.05) is 0 Å². The van der Waals surface area contributed by atoms with Crippen LogP contribution in [0.3, 0.4) is 0 Å². The predicted octanol–water partition coefficient (Wildman–Crippen LogP) is 2.95. The molecular weight excluding hydrogens is 367 g/mol. The monoisotopic (exact) mass is 376 g/mol. The first-order valence-electron chi connectivity index (χ1n) is 6.63. The Bertz CT molecular complexity index is 955. The first-order valence-corrected chi connectivity index (χ1v) is 7.43. The summed E-state index contributed by atoms with van der Waals surface area (Å²) in [5.41, 5.74) is 0.583. The number of benzene rings is 1. The maximum Gasteiger partial charge on any atom is 0.338 e. The summed E-state index contributed by atoms with van der Waals surface area (Å²) in [6, 6.07) is 9.91.